The lowest BCUT2D eigenvalue weighted by molar-refractivity contribution is -0.486. The molecule has 0 fully saturated rings. The third-order valence-corrected chi connectivity index (χ3v) is 11.4. The highest BCUT2D eigenvalue weighted by Crippen LogP contribution is 2.40. The van der Waals surface area contributed by atoms with E-state index in [0.29, 0.717) is 26.4 Å². The van der Waals surface area contributed by atoms with E-state index < -0.39 is 15.6 Å². The Balaban J connectivity index is 0.00000196. The molecule has 0 saturated carbocycles. The second kappa shape index (κ2) is 35.4. The molecule has 1 aromatic carbocycles. The highest BCUT2D eigenvalue weighted by Gasteiger charge is 2.37. The van der Waals surface area contributed by atoms with E-state index in [2.05, 4.69) is 44.5 Å². The lowest BCUT2D eigenvalue weighted by atomic mass is 10.1. The van der Waals surface area contributed by atoms with Crippen LogP contribution < -0.4 is 14.2 Å². The summed E-state index contributed by atoms with van der Waals surface area (Å²) in [6, 6.07) is 4.27. The summed E-state index contributed by atoms with van der Waals surface area (Å²) < 4.78 is 86.9. The highest BCUT2D eigenvalue weighted by atomic mass is 32.2. The zero-order chi connectivity index (χ0) is 43.5. The summed E-state index contributed by atoms with van der Waals surface area (Å²) in [6.07, 6.45) is 39.6. The first-order valence-corrected chi connectivity index (χ1v) is 25.2. The van der Waals surface area contributed by atoms with Gasteiger partial charge in [-0.1, -0.05) is 194 Å². The molecule has 0 N–H and O–H groups in total. The van der Waals surface area contributed by atoms with Crippen molar-refractivity contribution in [2.75, 3.05) is 40.0 Å². The summed E-state index contributed by atoms with van der Waals surface area (Å²) in [6.45, 7) is 10.6. The van der Waals surface area contributed by atoms with E-state index in [1.54, 1.807) is 0 Å². The molecule has 1 aliphatic rings. The predicted molar refractivity (Wildman–Crippen MR) is 235 cm³/mol. The lowest BCUT2D eigenvalue weighted by Crippen LogP contribution is -2.21. The number of hydrogen-bond donors (Lipinski definition) is 0. The summed E-state index contributed by atoms with van der Waals surface area (Å²) in [5.41, 5.74) is -4.62. The molecule has 346 valence electrons. The summed E-state index contributed by atoms with van der Waals surface area (Å²) in [4.78, 5) is 0. The summed E-state index contributed by atoms with van der Waals surface area (Å²) >= 11 is 0. The van der Waals surface area contributed by atoms with Gasteiger partial charge < -0.3 is 23.5 Å². The van der Waals surface area contributed by atoms with E-state index in [1.807, 2.05) is 0 Å². The van der Waals surface area contributed by atoms with Crippen molar-refractivity contribution in [3.05, 3.63) is 17.7 Å². The van der Waals surface area contributed by atoms with Crippen LogP contribution in [-0.4, -0.2) is 69.0 Å². The highest BCUT2D eigenvalue weighted by molar-refractivity contribution is 7.86. The number of rotatable bonds is 37. The van der Waals surface area contributed by atoms with Gasteiger partial charge >= 0.3 is 11.4 Å². The second-order valence-corrected chi connectivity index (χ2v) is 17.7. The number of likely N-dealkylation sites (N-methyl/N-ethyl adjacent to an activating group) is 1. The van der Waals surface area contributed by atoms with Crippen molar-refractivity contribution in [3.8, 4) is 17.2 Å². The van der Waals surface area contributed by atoms with Crippen molar-refractivity contribution in [3.63, 3.8) is 0 Å². The second-order valence-electron chi connectivity index (χ2n) is 16.4. The van der Waals surface area contributed by atoms with Crippen molar-refractivity contribution in [1.82, 2.24) is 0 Å². The van der Waals surface area contributed by atoms with Crippen molar-refractivity contribution in [2.24, 2.45) is 0 Å². The Morgan fingerprint density at radius 3 is 1.12 bits per heavy atom. The van der Waals surface area contributed by atoms with Crippen LogP contribution in [0.3, 0.4) is 0 Å². The third-order valence-electron chi connectivity index (χ3n) is 10.8. The van der Waals surface area contributed by atoms with Crippen LogP contribution in [0.4, 0.5) is 13.2 Å². The first-order valence-electron chi connectivity index (χ1n) is 23.8. The molecule has 0 unspecified atom stereocenters. The van der Waals surface area contributed by atoms with Crippen LogP contribution in [0.2, 0.25) is 0 Å². The van der Waals surface area contributed by atoms with Crippen LogP contribution in [0.25, 0.3) is 0 Å². The van der Waals surface area contributed by atoms with Crippen molar-refractivity contribution in [1.29, 1.82) is 0 Å². The molecule has 0 aliphatic carbocycles. The molecule has 2 rings (SSSR count). The number of benzene rings is 1. The van der Waals surface area contributed by atoms with Crippen molar-refractivity contribution in [2.45, 2.75) is 219 Å². The van der Waals surface area contributed by atoms with Gasteiger partial charge in [0.15, 0.2) is 34.8 Å². The Morgan fingerprint density at radius 2 is 0.847 bits per heavy atom. The largest absolute Gasteiger partial charge is 0.741 e. The molecule has 0 radical (unpaired) electrons. The summed E-state index contributed by atoms with van der Waals surface area (Å²) in [5.74, 6) is 3.31. The monoisotopic (exact) mass is 864 g/mol. The van der Waals surface area contributed by atoms with E-state index in [1.165, 1.54) is 173 Å². The normalized spacial score (nSPS) is 13.0. The number of unbranched alkanes of at least 4 members (excludes halogenated alkanes) is 27. The molecule has 1 heterocycles. The molecule has 1 aliphatic heterocycles. The maximum Gasteiger partial charge on any atom is 0.485 e. The van der Waals surface area contributed by atoms with Crippen LogP contribution in [-0.2, 0) is 14.9 Å². The molecule has 0 spiro atoms. The van der Waals surface area contributed by atoms with Crippen LogP contribution in [0.1, 0.15) is 219 Å². The fraction of sp³-hybridized carbons (Fsp3) is 0.851. The summed E-state index contributed by atoms with van der Waals surface area (Å²) in [7, 11) is -3.99. The number of ether oxygens (including phenoxy) is 4. The van der Waals surface area contributed by atoms with Crippen LogP contribution in [0.15, 0.2) is 12.1 Å². The fourth-order valence-electron chi connectivity index (χ4n) is 7.16. The minimum absolute atomic E-state index is 0.700. The fourth-order valence-corrected chi connectivity index (χ4v) is 7.16. The Labute approximate surface area is 358 Å². The standard InChI is InChI=1S/C46H84NO4.CHF3O3S/c1-5-8-11-14-17-20-23-26-29-32-36-48-43-40-42(46-47(4)35-39-51-46)41-44(49-37-33-30-27-24-21-18-15-12-9-6-2)45(43)50-38-34-31-28-25-22-19-16-13-10-7-3;2-1(3,4)8(5,6)7/h40-41H,5-39H2,1-4H3;(H,5,6,7)/q+1;/p-1. The van der Waals surface area contributed by atoms with Gasteiger partial charge in [-0.25, -0.2) is 8.42 Å². The van der Waals surface area contributed by atoms with E-state index in [-0.39, 0.29) is 0 Å². The number of nitrogens with zero attached hydrogens (tertiary/aromatic N) is 1. The Kier molecular flexibility index (Phi) is 32.9. The molecule has 8 nitrogen and oxygen atoms in total. The number of halogens is 3. The quantitative estimate of drug-likeness (QED) is 0.0284. The molecule has 59 heavy (non-hydrogen) atoms. The van der Waals surface area contributed by atoms with Gasteiger partial charge in [-0.15, -0.1) is 0 Å². The van der Waals surface area contributed by atoms with Gasteiger partial charge in [0.25, 0.3) is 0 Å². The molecular weight excluding hydrogens is 780 g/mol. The Morgan fingerprint density at radius 1 is 0.559 bits per heavy atom. The van der Waals surface area contributed by atoms with Gasteiger partial charge in [0.1, 0.15) is 7.05 Å². The molecule has 0 bridgehead atoms. The smallest absolute Gasteiger partial charge is 0.485 e. The average molecular weight is 864 g/mol. The van der Waals surface area contributed by atoms with E-state index >= 15 is 0 Å². The topological polar surface area (TPSA) is 97.1 Å². The molecule has 0 saturated heterocycles. The molecule has 1 aromatic rings. The maximum absolute atomic E-state index is 10.7. The molecule has 12 heteroatoms. The maximum atomic E-state index is 10.7. The van der Waals surface area contributed by atoms with Crippen molar-refractivity contribution < 1.29 is 49.7 Å². The van der Waals surface area contributed by atoms with Gasteiger partial charge in [0, 0.05) is 12.1 Å². The zero-order valence-corrected chi connectivity index (χ0v) is 38.6. The van der Waals surface area contributed by atoms with E-state index in [4.69, 9.17) is 31.9 Å². The lowest BCUT2D eigenvalue weighted by Gasteiger charge is -2.18. The first kappa shape index (κ1) is 54.8. The summed E-state index contributed by atoms with van der Waals surface area (Å²) in [5, 5.41) is 0. The van der Waals surface area contributed by atoms with Gasteiger partial charge in [0.05, 0.1) is 25.4 Å². The van der Waals surface area contributed by atoms with E-state index in [9.17, 15) is 13.2 Å². The average Bonchev–Trinajstić information content (AvgIpc) is 3.63. The number of hydrogen-bond acceptors (Lipinski definition) is 7. The minimum Gasteiger partial charge on any atom is -0.741 e. The van der Waals surface area contributed by atoms with Gasteiger partial charge in [0.2, 0.25) is 5.75 Å². The van der Waals surface area contributed by atoms with Crippen LogP contribution in [0, 0.1) is 0 Å². The van der Waals surface area contributed by atoms with Crippen LogP contribution >= 0.6 is 0 Å². The molecule has 0 aromatic heterocycles. The van der Waals surface area contributed by atoms with E-state index in [0.717, 1.165) is 54.5 Å². The van der Waals surface area contributed by atoms with Gasteiger partial charge in [-0.2, -0.15) is 17.7 Å². The van der Waals surface area contributed by atoms with Gasteiger partial charge in [-0.3, -0.25) is 0 Å². The minimum atomic E-state index is -6.09. The number of alkyl halides is 3. The SMILES string of the molecule is CCCCCCCCCCCCOc1cc(C2=[N+](C)CCO2)cc(OCCCCCCCCCCCC)c1OCCCCCCCCCCCC.O=S(=O)([O-])C(F)(F)F. The van der Waals surface area contributed by atoms with Crippen molar-refractivity contribution >= 4 is 16.0 Å². The first-order chi connectivity index (χ1) is 28.5. The predicted octanol–water partition coefficient (Wildman–Crippen LogP) is 14.1. The Hall–Kier alpha value is -2.21. The molecule has 0 atom stereocenters. The molecular formula is C47H84F3NO7S. The van der Waals surface area contributed by atoms with Gasteiger partial charge in [-0.05, 0) is 19.3 Å². The molecule has 0 amide bonds. The Bertz CT molecular complexity index is 1260. The third kappa shape index (κ3) is 28.1. The van der Waals surface area contributed by atoms with Crippen LogP contribution in [0.5, 0.6) is 17.2 Å². The zero-order valence-electron chi connectivity index (χ0n) is 37.8.